The van der Waals surface area contributed by atoms with Gasteiger partial charge < -0.3 is 20.6 Å². The molecule has 6 heteroatoms. The summed E-state index contributed by atoms with van der Waals surface area (Å²) in [4.78, 5) is 16.4. The first kappa shape index (κ1) is 22.3. The molecule has 2 aromatic carbocycles. The number of aromatic nitrogens is 4. The van der Waals surface area contributed by atoms with Crippen molar-refractivity contribution in [3.63, 3.8) is 0 Å². The van der Waals surface area contributed by atoms with E-state index < -0.39 is 0 Å². The van der Waals surface area contributed by atoms with Crippen molar-refractivity contribution in [1.29, 1.82) is 0 Å². The standard InChI is InChI=1S/C32H32N6/c1-17-9-21(29-15-33-31(37-29)27-13-23-11-25(23)35-27)7-5-19(17)3-4-20-6-8-22(10-18(20)2)30-16-34-32(38-30)28-14-24-12-26(24)36-28/h5-10,15-16,23-28,35-36H,11-14H2,1-2H3,(H,33,37)(H,34,38)/t23?,24?,25?,26?,27-,28-/m0/s1. The SMILES string of the molecule is Cc1cc(-c2cnc([C@@H]3CC4CC4N3)[nH]2)ccc1C#Cc1ccc(-c2cnc([C@@H]3CC4CC4N3)[nH]2)cc1C. The van der Waals surface area contributed by atoms with Crippen LogP contribution in [0, 0.1) is 37.5 Å². The van der Waals surface area contributed by atoms with Gasteiger partial charge in [-0.05, 0) is 97.9 Å². The summed E-state index contributed by atoms with van der Waals surface area (Å²) in [6.07, 6.45) is 8.99. The van der Waals surface area contributed by atoms with E-state index in [-0.39, 0.29) is 0 Å². The molecule has 0 bridgehead atoms. The molecule has 4 aliphatic rings. The molecule has 6 atom stereocenters. The Balaban J connectivity index is 0.976. The number of fused-ring (bicyclic) bond motifs is 2. The third kappa shape index (κ3) is 3.98. The van der Waals surface area contributed by atoms with E-state index >= 15 is 0 Å². The molecule has 4 N–H and O–H groups in total. The summed E-state index contributed by atoms with van der Waals surface area (Å²) in [7, 11) is 0. The Morgan fingerprint density at radius 3 is 1.53 bits per heavy atom. The molecule has 2 aromatic heterocycles. The van der Waals surface area contributed by atoms with Gasteiger partial charge in [-0.25, -0.2) is 9.97 Å². The van der Waals surface area contributed by atoms with Crippen LogP contribution in [0.1, 0.15) is 71.7 Å². The number of aryl methyl sites for hydroxylation is 2. The van der Waals surface area contributed by atoms with E-state index in [9.17, 15) is 0 Å². The summed E-state index contributed by atoms with van der Waals surface area (Å²) in [5.74, 6) is 10.6. The van der Waals surface area contributed by atoms with Gasteiger partial charge in [0, 0.05) is 23.2 Å². The van der Waals surface area contributed by atoms with Crippen LogP contribution in [-0.4, -0.2) is 32.0 Å². The summed E-state index contributed by atoms with van der Waals surface area (Å²) in [5, 5.41) is 7.35. The summed E-state index contributed by atoms with van der Waals surface area (Å²) < 4.78 is 0. The van der Waals surface area contributed by atoms with E-state index in [1.54, 1.807) is 0 Å². The largest absolute Gasteiger partial charge is 0.341 e. The highest BCUT2D eigenvalue weighted by atomic mass is 15.1. The zero-order chi connectivity index (χ0) is 25.4. The minimum absolute atomic E-state index is 0.374. The molecule has 2 aliphatic heterocycles. The van der Waals surface area contributed by atoms with Crippen molar-refractivity contribution in [1.82, 2.24) is 30.6 Å². The Labute approximate surface area is 223 Å². The van der Waals surface area contributed by atoms with Crippen molar-refractivity contribution in [3.8, 4) is 34.4 Å². The van der Waals surface area contributed by atoms with Crippen molar-refractivity contribution < 1.29 is 0 Å². The van der Waals surface area contributed by atoms with E-state index in [0.29, 0.717) is 12.1 Å². The van der Waals surface area contributed by atoms with Gasteiger partial charge in [-0.1, -0.05) is 24.0 Å². The Morgan fingerprint density at radius 1 is 0.658 bits per heavy atom. The highest BCUT2D eigenvalue weighted by Gasteiger charge is 2.47. The number of rotatable bonds is 4. The molecule has 0 amide bonds. The summed E-state index contributed by atoms with van der Waals surface area (Å²) in [6, 6.07) is 15.1. The predicted molar refractivity (Wildman–Crippen MR) is 148 cm³/mol. The molecule has 4 aromatic rings. The molecule has 4 fully saturated rings. The molecule has 0 spiro atoms. The lowest BCUT2D eigenvalue weighted by molar-refractivity contribution is 0.543. The molecule has 2 saturated carbocycles. The molecule has 190 valence electrons. The van der Waals surface area contributed by atoms with Gasteiger partial charge in [0.2, 0.25) is 0 Å². The van der Waals surface area contributed by atoms with Gasteiger partial charge in [-0.3, -0.25) is 0 Å². The van der Waals surface area contributed by atoms with Crippen molar-refractivity contribution in [2.45, 2.75) is 63.7 Å². The quantitative estimate of drug-likeness (QED) is 0.286. The number of nitrogens with zero attached hydrogens (tertiary/aromatic N) is 2. The maximum absolute atomic E-state index is 4.67. The zero-order valence-electron chi connectivity index (χ0n) is 21.8. The van der Waals surface area contributed by atoms with Crippen LogP contribution in [0.25, 0.3) is 22.5 Å². The first-order valence-electron chi connectivity index (χ1n) is 13.9. The monoisotopic (exact) mass is 500 g/mol. The lowest BCUT2D eigenvalue weighted by atomic mass is 10.0. The van der Waals surface area contributed by atoms with Crippen LogP contribution in [0.5, 0.6) is 0 Å². The number of benzene rings is 2. The number of imidazole rings is 2. The Kier molecular flexibility index (Phi) is 4.95. The lowest BCUT2D eigenvalue weighted by Crippen LogP contribution is -2.18. The van der Waals surface area contributed by atoms with Crippen LogP contribution in [0.15, 0.2) is 48.8 Å². The summed E-state index contributed by atoms with van der Waals surface area (Å²) in [6.45, 7) is 4.26. The Bertz CT molecular complexity index is 1480. The van der Waals surface area contributed by atoms with E-state index in [1.807, 2.05) is 12.4 Å². The third-order valence-electron chi connectivity index (χ3n) is 9.01. The Hall–Kier alpha value is -3.66. The molecule has 4 heterocycles. The first-order chi connectivity index (χ1) is 18.6. The Morgan fingerprint density at radius 2 is 1.13 bits per heavy atom. The average molecular weight is 501 g/mol. The molecule has 2 saturated heterocycles. The van der Waals surface area contributed by atoms with Gasteiger partial charge in [-0.15, -0.1) is 0 Å². The van der Waals surface area contributed by atoms with Crippen molar-refractivity contribution in [2.24, 2.45) is 11.8 Å². The molecule has 8 rings (SSSR count). The fourth-order valence-electron chi connectivity index (χ4n) is 6.46. The van der Waals surface area contributed by atoms with Crippen LogP contribution in [0.2, 0.25) is 0 Å². The topological polar surface area (TPSA) is 81.4 Å². The van der Waals surface area contributed by atoms with Gasteiger partial charge in [-0.2, -0.15) is 0 Å². The van der Waals surface area contributed by atoms with Crippen LogP contribution < -0.4 is 10.6 Å². The molecular formula is C32H32N6. The minimum atomic E-state index is 0.374. The maximum Gasteiger partial charge on any atom is 0.123 e. The summed E-state index contributed by atoms with van der Waals surface area (Å²) >= 11 is 0. The van der Waals surface area contributed by atoms with Gasteiger partial charge in [0.15, 0.2) is 0 Å². The molecule has 4 unspecified atom stereocenters. The fraction of sp³-hybridized carbons (Fsp3) is 0.375. The average Bonchev–Trinajstić information content (AvgIpc) is 3.49. The number of hydrogen-bond acceptors (Lipinski definition) is 4. The highest BCUT2D eigenvalue weighted by molar-refractivity contribution is 5.64. The first-order valence-corrected chi connectivity index (χ1v) is 13.9. The third-order valence-corrected chi connectivity index (χ3v) is 9.01. The number of hydrogen-bond donors (Lipinski definition) is 4. The molecular weight excluding hydrogens is 468 g/mol. The van der Waals surface area contributed by atoms with E-state index in [0.717, 1.165) is 69.2 Å². The molecule has 38 heavy (non-hydrogen) atoms. The smallest absolute Gasteiger partial charge is 0.123 e. The van der Waals surface area contributed by atoms with Crippen molar-refractivity contribution >= 4 is 0 Å². The fourth-order valence-corrected chi connectivity index (χ4v) is 6.46. The number of piperidine rings is 2. The van der Waals surface area contributed by atoms with Crippen molar-refractivity contribution in [3.05, 3.63) is 82.7 Å². The van der Waals surface area contributed by atoms with Crippen LogP contribution in [0.3, 0.4) is 0 Å². The van der Waals surface area contributed by atoms with E-state index in [1.165, 1.54) is 36.8 Å². The van der Waals surface area contributed by atoms with Gasteiger partial charge in [0.25, 0.3) is 0 Å². The second-order valence-electron chi connectivity index (χ2n) is 11.8. The van der Waals surface area contributed by atoms with E-state index in [2.05, 4.69) is 92.7 Å². The molecule has 2 aliphatic carbocycles. The second kappa shape index (κ2) is 8.42. The number of H-pyrrole nitrogens is 2. The predicted octanol–water partition coefficient (Wildman–Crippen LogP) is 5.33. The van der Waals surface area contributed by atoms with E-state index in [4.69, 9.17) is 0 Å². The zero-order valence-corrected chi connectivity index (χ0v) is 21.8. The van der Waals surface area contributed by atoms with Gasteiger partial charge in [0.05, 0.1) is 35.9 Å². The van der Waals surface area contributed by atoms with Gasteiger partial charge >= 0.3 is 0 Å². The summed E-state index contributed by atoms with van der Waals surface area (Å²) in [5.41, 5.74) is 8.88. The lowest BCUT2D eigenvalue weighted by Gasteiger charge is -2.09. The molecule has 6 nitrogen and oxygen atoms in total. The second-order valence-corrected chi connectivity index (χ2v) is 11.8. The van der Waals surface area contributed by atoms with Crippen LogP contribution >= 0.6 is 0 Å². The highest BCUT2D eigenvalue weighted by Crippen LogP contribution is 2.46. The number of aromatic amines is 2. The minimum Gasteiger partial charge on any atom is -0.341 e. The van der Waals surface area contributed by atoms with Gasteiger partial charge in [0.1, 0.15) is 11.6 Å². The normalized spacial score (nSPS) is 28.5. The maximum atomic E-state index is 4.67. The van der Waals surface area contributed by atoms with Crippen LogP contribution in [0.4, 0.5) is 0 Å². The number of nitrogens with one attached hydrogen (secondary N) is 4. The van der Waals surface area contributed by atoms with Crippen molar-refractivity contribution in [2.75, 3.05) is 0 Å². The molecule has 0 radical (unpaired) electrons. The van der Waals surface area contributed by atoms with Crippen LogP contribution in [-0.2, 0) is 0 Å².